The standard InChI is InChI=1S/C24H21FN4O2/c1-3-31-24-27-22(17-8-6-9-18(25)15-17)29(28-24)20-13-11-19(12-14-20)26-23(30)21-10-5-4-7-16(21)2/h4-15H,3H2,1-2H3,(H,26,30). The van der Waals surface area contributed by atoms with Gasteiger partial charge in [0.25, 0.3) is 5.91 Å². The summed E-state index contributed by atoms with van der Waals surface area (Å²) in [6, 6.07) is 20.9. The number of rotatable bonds is 6. The number of amides is 1. The van der Waals surface area contributed by atoms with Crippen LogP contribution in [-0.2, 0) is 0 Å². The van der Waals surface area contributed by atoms with Crippen LogP contribution in [0, 0.1) is 12.7 Å². The highest BCUT2D eigenvalue weighted by Crippen LogP contribution is 2.25. The van der Waals surface area contributed by atoms with Crippen molar-refractivity contribution in [3.05, 3.63) is 89.7 Å². The molecule has 1 N–H and O–H groups in total. The Balaban J connectivity index is 1.63. The van der Waals surface area contributed by atoms with Gasteiger partial charge in [-0.2, -0.15) is 4.98 Å². The molecule has 6 nitrogen and oxygen atoms in total. The summed E-state index contributed by atoms with van der Waals surface area (Å²) in [6.07, 6.45) is 0. The molecule has 0 spiro atoms. The lowest BCUT2D eigenvalue weighted by Crippen LogP contribution is -2.13. The van der Waals surface area contributed by atoms with Crippen LogP contribution < -0.4 is 10.1 Å². The van der Waals surface area contributed by atoms with Crippen molar-refractivity contribution in [2.24, 2.45) is 0 Å². The van der Waals surface area contributed by atoms with Crippen molar-refractivity contribution < 1.29 is 13.9 Å². The van der Waals surface area contributed by atoms with E-state index in [1.54, 1.807) is 47.1 Å². The van der Waals surface area contributed by atoms with Crippen LogP contribution in [-0.4, -0.2) is 27.3 Å². The molecule has 0 saturated carbocycles. The van der Waals surface area contributed by atoms with Crippen LogP contribution in [0.15, 0.2) is 72.8 Å². The fourth-order valence-electron chi connectivity index (χ4n) is 3.19. The molecule has 0 aliphatic rings. The summed E-state index contributed by atoms with van der Waals surface area (Å²) >= 11 is 0. The minimum atomic E-state index is -0.362. The Kier molecular flexibility index (Phi) is 5.75. The second-order valence-electron chi connectivity index (χ2n) is 6.89. The predicted octanol–water partition coefficient (Wildman–Crippen LogP) is 5.03. The number of hydrogen-bond donors (Lipinski definition) is 1. The molecule has 0 aliphatic carbocycles. The van der Waals surface area contributed by atoms with Gasteiger partial charge >= 0.3 is 6.01 Å². The van der Waals surface area contributed by atoms with Crippen molar-refractivity contribution in [3.8, 4) is 23.1 Å². The van der Waals surface area contributed by atoms with E-state index < -0.39 is 0 Å². The molecule has 0 fully saturated rings. The van der Waals surface area contributed by atoms with E-state index in [1.165, 1.54) is 12.1 Å². The number of ether oxygens (including phenoxy) is 1. The van der Waals surface area contributed by atoms with Crippen LogP contribution in [0.4, 0.5) is 10.1 Å². The predicted molar refractivity (Wildman–Crippen MR) is 117 cm³/mol. The van der Waals surface area contributed by atoms with E-state index in [0.717, 1.165) is 5.56 Å². The highest BCUT2D eigenvalue weighted by atomic mass is 19.1. The number of anilines is 1. The third-order valence-corrected chi connectivity index (χ3v) is 4.70. The van der Waals surface area contributed by atoms with Crippen LogP contribution in [0.1, 0.15) is 22.8 Å². The zero-order valence-electron chi connectivity index (χ0n) is 17.2. The molecule has 0 radical (unpaired) electrons. The van der Waals surface area contributed by atoms with Gasteiger partial charge < -0.3 is 10.1 Å². The monoisotopic (exact) mass is 416 g/mol. The zero-order chi connectivity index (χ0) is 21.8. The summed E-state index contributed by atoms with van der Waals surface area (Å²) in [5.41, 5.74) is 3.46. The lowest BCUT2D eigenvalue weighted by atomic mass is 10.1. The normalized spacial score (nSPS) is 10.7. The molecule has 156 valence electrons. The molecule has 0 bridgehead atoms. The Morgan fingerprint density at radius 3 is 2.55 bits per heavy atom. The molecule has 0 atom stereocenters. The van der Waals surface area contributed by atoms with Gasteiger partial charge in [0.2, 0.25) is 0 Å². The highest BCUT2D eigenvalue weighted by molar-refractivity contribution is 6.05. The number of hydrogen-bond acceptors (Lipinski definition) is 4. The lowest BCUT2D eigenvalue weighted by molar-refractivity contribution is 0.102. The topological polar surface area (TPSA) is 69.0 Å². The second kappa shape index (κ2) is 8.79. The van der Waals surface area contributed by atoms with E-state index in [-0.39, 0.29) is 17.7 Å². The van der Waals surface area contributed by atoms with Crippen molar-refractivity contribution in [1.29, 1.82) is 0 Å². The number of carbonyl (C=O) groups excluding carboxylic acids is 1. The van der Waals surface area contributed by atoms with Crippen LogP contribution in [0.5, 0.6) is 6.01 Å². The fourth-order valence-corrected chi connectivity index (χ4v) is 3.19. The average molecular weight is 416 g/mol. The van der Waals surface area contributed by atoms with Crippen LogP contribution in [0.3, 0.4) is 0 Å². The third-order valence-electron chi connectivity index (χ3n) is 4.70. The van der Waals surface area contributed by atoms with Crippen LogP contribution >= 0.6 is 0 Å². The number of nitrogens with one attached hydrogen (secondary N) is 1. The van der Waals surface area contributed by atoms with Crippen molar-refractivity contribution in [2.45, 2.75) is 13.8 Å². The third kappa shape index (κ3) is 4.45. The van der Waals surface area contributed by atoms with Gasteiger partial charge in [-0.3, -0.25) is 4.79 Å². The van der Waals surface area contributed by atoms with E-state index in [4.69, 9.17) is 4.74 Å². The molecule has 7 heteroatoms. The van der Waals surface area contributed by atoms with Crippen LogP contribution in [0.2, 0.25) is 0 Å². The summed E-state index contributed by atoms with van der Waals surface area (Å²) < 4.78 is 20.8. The highest BCUT2D eigenvalue weighted by Gasteiger charge is 2.15. The smallest absolute Gasteiger partial charge is 0.336 e. The van der Waals surface area contributed by atoms with Gasteiger partial charge in [-0.05, 0) is 61.9 Å². The summed E-state index contributed by atoms with van der Waals surface area (Å²) in [4.78, 5) is 16.9. The van der Waals surface area contributed by atoms with E-state index >= 15 is 0 Å². The molecule has 0 aliphatic heterocycles. The summed E-state index contributed by atoms with van der Waals surface area (Å²) in [6.45, 7) is 4.15. The Bertz CT molecular complexity index is 1220. The van der Waals surface area contributed by atoms with Gasteiger partial charge in [0.15, 0.2) is 5.82 Å². The maximum absolute atomic E-state index is 13.8. The average Bonchev–Trinajstić information content (AvgIpc) is 3.19. The Labute approximate surface area is 179 Å². The molecule has 0 saturated heterocycles. The number of halogens is 1. The molecule has 4 aromatic rings. The zero-order valence-corrected chi connectivity index (χ0v) is 17.2. The summed E-state index contributed by atoms with van der Waals surface area (Å²) in [5.74, 6) is -0.0791. The summed E-state index contributed by atoms with van der Waals surface area (Å²) in [5, 5.41) is 7.30. The van der Waals surface area contributed by atoms with E-state index in [0.29, 0.717) is 34.9 Å². The minimum absolute atomic E-state index is 0.175. The molecule has 0 unspecified atom stereocenters. The number of benzene rings is 3. The molecule has 4 rings (SSSR count). The van der Waals surface area contributed by atoms with Gasteiger partial charge in [-0.15, -0.1) is 5.10 Å². The van der Waals surface area contributed by atoms with Gasteiger partial charge in [0, 0.05) is 16.8 Å². The minimum Gasteiger partial charge on any atom is -0.463 e. The maximum atomic E-state index is 13.8. The largest absolute Gasteiger partial charge is 0.463 e. The van der Waals surface area contributed by atoms with E-state index in [1.807, 2.05) is 32.0 Å². The Morgan fingerprint density at radius 1 is 1.06 bits per heavy atom. The number of carbonyl (C=O) groups is 1. The van der Waals surface area contributed by atoms with Crippen molar-refractivity contribution >= 4 is 11.6 Å². The number of aromatic nitrogens is 3. The molecule has 31 heavy (non-hydrogen) atoms. The van der Waals surface area contributed by atoms with Gasteiger partial charge in [0.1, 0.15) is 5.82 Å². The first kappa shape index (κ1) is 20.3. The number of nitrogens with zero attached hydrogens (tertiary/aromatic N) is 3. The number of aryl methyl sites for hydroxylation is 1. The molecule has 3 aromatic carbocycles. The van der Waals surface area contributed by atoms with Gasteiger partial charge in [-0.25, -0.2) is 9.07 Å². The quantitative estimate of drug-likeness (QED) is 0.479. The van der Waals surface area contributed by atoms with E-state index in [2.05, 4.69) is 15.4 Å². The molecular weight excluding hydrogens is 395 g/mol. The van der Waals surface area contributed by atoms with Gasteiger partial charge in [-0.1, -0.05) is 30.3 Å². The first-order valence-corrected chi connectivity index (χ1v) is 9.88. The SMILES string of the molecule is CCOc1nc(-c2cccc(F)c2)n(-c2ccc(NC(=O)c3ccccc3C)cc2)n1. The first-order chi connectivity index (χ1) is 15.0. The molecule has 1 aromatic heterocycles. The second-order valence-corrected chi connectivity index (χ2v) is 6.89. The summed E-state index contributed by atoms with van der Waals surface area (Å²) in [7, 11) is 0. The Hall–Kier alpha value is -4.00. The Morgan fingerprint density at radius 2 is 1.84 bits per heavy atom. The first-order valence-electron chi connectivity index (χ1n) is 9.88. The van der Waals surface area contributed by atoms with Crippen molar-refractivity contribution in [1.82, 2.24) is 14.8 Å². The van der Waals surface area contributed by atoms with Crippen LogP contribution in [0.25, 0.3) is 17.1 Å². The fraction of sp³-hybridized carbons (Fsp3) is 0.125. The van der Waals surface area contributed by atoms with Crippen molar-refractivity contribution in [3.63, 3.8) is 0 Å². The maximum Gasteiger partial charge on any atom is 0.336 e. The van der Waals surface area contributed by atoms with Gasteiger partial charge in [0.05, 0.1) is 12.3 Å². The molecular formula is C24H21FN4O2. The van der Waals surface area contributed by atoms with Crippen molar-refractivity contribution in [2.75, 3.05) is 11.9 Å². The molecule has 1 amide bonds. The molecule has 1 heterocycles. The van der Waals surface area contributed by atoms with E-state index in [9.17, 15) is 9.18 Å². The lowest BCUT2D eigenvalue weighted by Gasteiger charge is -2.09.